The summed E-state index contributed by atoms with van der Waals surface area (Å²) in [6.07, 6.45) is 2.36. The second-order valence-corrected chi connectivity index (χ2v) is 4.65. The Morgan fingerprint density at radius 3 is 2.47 bits per heavy atom. The van der Waals surface area contributed by atoms with Gasteiger partial charge in [-0.05, 0) is 37.8 Å². The van der Waals surface area contributed by atoms with Crippen molar-refractivity contribution in [3.63, 3.8) is 0 Å². The number of anilines is 1. The minimum Gasteiger partial charge on any atom is -0.366 e. The van der Waals surface area contributed by atoms with Crippen LogP contribution < -0.4 is 5.32 Å². The highest BCUT2D eigenvalue weighted by Gasteiger charge is 2.04. The van der Waals surface area contributed by atoms with Crippen LogP contribution in [0.15, 0.2) is 12.1 Å². The maximum absolute atomic E-state index is 5.65. The van der Waals surface area contributed by atoms with E-state index < -0.39 is 0 Å². The summed E-state index contributed by atoms with van der Waals surface area (Å²) < 4.78 is 0. The third-order valence-electron chi connectivity index (χ3n) is 2.20. The van der Waals surface area contributed by atoms with Gasteiger partial charge in [-0.15, -0.1) is 10.2 Å². The predicted octanol–water partition coefficient (Wildman–Crippen LogP) is 3.37. The number of aromatic nitrogens is 2. The molecule has 0 amide bonds. The largest absolute Gasteiger partial charge is 0.366 e. The van der Waals surface area contributed by atoms with E-state index in [-0.39, 0.29) is 0 Å². The van der Waals surface area contributed by atoms with Gasteiger partial charge in [0.15, 0.2) is 5.15 Å². The SMILES string of the molecule is CC(C)CCC(C)Nc1ccc(Cl)nn1. The molecule has 0 fully saturated rings. The van der Waals surface area contributed by atoms with Crippen LogP contribution in [-0.2, 0) is 0 Å². The van der Waals surface area contributed by atoms with Crippen molar-refractivity contribution in [2.24, 2.45) is 5.92 Å². The minimum atomic E-state index is 0.419. The maximum Gasteiger partial charge on any atom is 0.151 e. The molecule has 0 aliphatic carbocycles. The van der Waals surface area contributed by atoms with Crippen molar-refractivity contribution in [3.8, 4) is 0 Å². The van der Waals surface area contributed by atoms with E-state index in [2.05, 4.69) is 36.3 Å². The Balaban J connectivity index is 2.37. The van der Waals surface area contributed by atoms with Crippen LogP contribution >= 0.6 is 11.6 Å². The summed E-state index contributed by atoms with van der Waals surface area (Å²) in [6.45, 7) is 6.61. The lowest BCUT2D eigenvalue weighted by Gasteiger charge is -2.14. The first kappa shape index (κ1) is 12.2. The second kappa shape index (κ2) is 5.91. The Morgan fingerprint density at radius 1 is 1.20 bits per heavy atom. The molecule has 1 unspecified atom stereocenters. The molecule has 84 valence electrons. The molecule has 1 heterocycles. The summed E-state index contributed by atoms with van der Waals surface area (Å²) in [5.74, 6) is 1.53. The van der Waals surface area contributed by atoms with Crippen LogP contribution in [0.2, 0.25) is 5.15 Å². The van der Waals surface area contributed by atoms with Gasteiger partial charge in [0, 0.05) is 6.04 Å². The highest BCUT2D eigenvalue weighted by Crippen LogP contribution is 2.11. The first-order valence-corrected chi connectivity index (χ1v) is 5.71. The van der Waals surface area contributed by atoms with Crippen molar-refractivity contribution < 1.29 is 0 Å². The number of hydrogen-bond donors (Lipinski definition) is 1. The molecular weight excluding hydrogens is 210 g/mol. The lowest BCUT2D eigenvalue weighted by Crippen LogP contribution is -2.16. The van der Waals surface area contributed by atoms with E-state index in [1.807, 2.05) is 6.07 Å². The summed E-state index contributed by atoms with van der Waals surface area (Å²) in [6, 6.07) is 4.01. The molecule has 1 aromatic heterocycles. The van der Waals surface area contributed by atoms with Crippen LogP contribution in [0, 0.1) is 5.92 Å². The zero-order valence-corrected chi connectivity index (χ0v) is 10.3. The Bertz CT molecular complexity index is 284. The van der Waals surface area contributed by atoms with Crippen molar-refractivity contribution in [1.29, 1.82) is 0 Å². The summed E-state index contributed by atoms with van der Waals surface area (Å²) >= 11 is 5.65. The Hall–Kier alpha value is -0.830. The number of halogens is 1. The predicted molar refractivity (Wildman–Crippen MR) is 64.2 cm³/mol. The standard InChI is InChI=1S/C11H18ClN3/c1-8(2)4-5-9(3)13-11-7-6-10(12)14-15-11/h6-9H,4-5H2,1-3H3,(H,13,15). The third-order valence-corrected chi connectivity index (χ3v) is 2.40. The van der Waals surface area contributed by atoms with E-state index in [4.69, 9.17) is 11.6 Å². The van der Waals surface area contributed by atoms with Crippen molar-refractivity contribution >= 4 is 17.4 Å². The zero-order chi connectivity index (χ0) is 11.3. The maximum atomic E-state index is 5.65. The van der Waals surface area contributed by atoms with Crippen molar-refractivity contribution in [1.82, 2.24) is 10.2 Å². The van der Waals surface area contributed by atoms with Gasteiger partial charge in [-0.3, -0.25) is 0 Å². The number of nitrogens with zero attached hydrogens (tertiary/aromatic N) is 2. The van der Waals surface area contributed by atoms with Gasteiger partial charge in [-0.25, -0.2) is 0 Å². The van der Waals surface area contributed by atoms with Crippen LogP contribution in [0.4, 0.5) is 5.82 Å². The smallest absolute Gasteiger partial charge is 0.151 e. The number of rotatable bonds is 5. The molecular formula is C11H18ClN3. The average molecular weight is 228 g/mol. The van der Waals surface area contributed by atoms with Crippen molar-refractivity contribution in [2.45, 2.75) is 39.7 Å². The minimum absolute atomic E-state index is 0.419. The van der Waals surface area contributed by atoms with Crippen molar-refractivity contribution in [3.05, 3.63) is 17.3 Å². The van der Waals surface area contributed by atoms with E-state index in [1.54, 1.807) is 6.07 Å². The van der Waals surface area contributed by atoms with Gasteiger partial charge in [-0.1, -0.05) is 25.4 Å². The zero-order valence-electron chi connectivity index (χ0n) is 9.50. The van der Waals surface area contributed by atoms with E-state index in [9.17, 15) is 0 Å². The Morgan fingerprint density at radius 2 is 1.93 bits per heavy atom. The van der Waals surface area contributed by atoms with E-state index >= 15 is 0 Å². The quantitative estimate of drug-likeness (QED) is 0.838. The fraction of sp³-hybridized carbons (Fsp3) is 0.636. The molecule has 0 radical (unpaired) electrons. The molecule has 1 rings (SSSR count). The molecule has 0 aromatic carbocycles. The van der Waals surface area contributed by atoms with Crippen LogP contribution in [-0.4, -0.2) is 16.2 Å². The molecule has 0 aliphatic heterocycles. The van der Waals surface area contributed by atoms with Gasteiger partial charge in [0.1, 0.15) is 5.82 Å². The van der Waals surface area contributed by atoms with Gasteiger partial charge in [0.05, 0.1) is 0 Å². The molecule has 0 saturated carbocycles. The lowest BCUT2D eigenvalue weighted by molar-refractivity contribution is 0.527. The summed E-state index contributed by atoms with van der Waals surface area (Å²) in [7, 11) is 0. The van der Waals surface area contributed by atoms with Gasteiger partial charge >= 0.3 is 0 Å². The van der Waals surface area contributed by atoms with Crippen LogP contribution in [0.1, 0.15) is 33.6 Å². The number of hydrogen-bond acceptors (Lipinski definition) is 3. The summed E-state index contributed by atoms with van der Waals surface area (Å²) in [5.41, 5.74) is 0. The fourth-order valence-electron chi connectivity index (χ4n) is 1.30. The second-order valence-electron chi connectivity index (χ2n) is 4.26. The molecule has 0 spiro atoms. The normalized spacial score (nSPS) is 12.9. The number of nitrogens with one attached hydrogen (secondary N) is 1. The van der Waals surface area contributed by atoms with Crippen LogP contribution in [0.25, 0.3) is 0 Å². The van der Waals surface area contributed by atoms with Gasteiger partial charge in [0.25, 0.3) is 0 Å². The molecule has 1 atom stereocenters. The first-order valence-electron chi connectivity index (χ1n) is 5.33. The lowest BCUT2D eigenvalue weighted by atomic mass is 10.0. The summed E-state index contributed by atoms with van der Waals surface area (Å²) in [5, 5.41) is 11.5. The van der Waals surface area contributed by atoms with Crippen LogP contribution in [0.3, 0.4) is 0 Å². The molecule has 1 N–H and O–H groups in total. The molecule has 4 heteroatoms. The monoisotopic (exact) mass is 227 g/mol. The van der Waals surface area contributed by atoms with Gasteiger partial charge in [-0.2, -0.15) is 0 Å². The van der Waals surface area contributed by atoms with E-state index in [0.29, 0.717) is 11.2 Å². The fourth-order valence-corrected chi connectivity index (χ4v) is 1.40. The molecule has 1 aromatic rings. The molecule has 0 bridgehead atoms. The summed E-state index contributed by atoms with van der Waals surface area (Å²) in [4.78, 5) is 0. The highest BCUT2D eigenvalue weighted by molar-refractivity contribution is 6.29. The third kappa shape index (κ3) is 4.98. The van der Waals surface area contributed by atoms with E-state index in [1.165, 1.54) is 6.42 Å². The van der Waals surface area contributed by atoms with Crippen LogP contribution in [0.5, 0.6) is 0 Å². The molecule has 0 saturated heterocycles. The van der Waals surface area contributed by atoms with E-state index in [0.717, 1.165) is 18.2 Å². The van der Waals surface area contributed by atoms with Crippen molar-refractivity contribution in [2.75, 3.05) is 5.32 Å². The first-order chi connectivity index (χ1) is 7.08. The van der Waals surface area contributed by atoms with Gasteiger partial charge < -0.3 is 5.32 Å². The van der Waals surface area contributed by atoms with Gasteiger partial charge in [0.2, 0.25) is 0 Å². The topological polar surface area (TPSA) is 37.8 Å². The Labute approximate surface area is 96.2 Å². The average Bonchev–Trinajstić information content (AvgIpc) is 2.19. The Kier molecular flexibility index (Phi) is 4.82. The molecule has 3 nitrogen and oxygen atoms in total. The highest BCUT2D eigenvalue weighted by atomic mass is 35.5. The molecule has 0 aliphatic rings. The molecule has 15 heavy (non-hydrogen) atoms.